The first-order chi connectivity index (χ1) is 6.29. The van der Waals surface area contributed by atoms with Crippen LogP contribution in [-0.2, 0) is 0 Å². The topological polar surface area (TPSA) is 53.0 Å². The van der Waals surface area contributed by atoms with Gasteiger partial charge < -0.3 is 9.90 Å². The summed E-state index contributed by atoms with van der Waals surface area (Å²) in [7, 11) is 0. The van der Waals surface area contributed by atoms with Crippen LogP contribution in [-0.4, -0.2) is 34.0 Å². The van der Waals surface area contributed by atoms with Crippen LogP contribution < -0.4 is 5.11 Å². The van der Waals surface area contributed by atoms with Crippen molar-refractivity contribution >= 4 is 39.9 Å². The second-order valence-electron chi connectivity index (χ2n) is 2.67. The summed E-state index contributed by atoms with van der Waals surface area (Å²) in [6, 6.07) is 8.56. The van der Waals surface area contributed by atoms with E-state index in [1.54, 1.807) is 18.3 Å². The van der Waals surface area contributed by atoms with Gasteiger partial charge in [0.2, 0.25) is 0 Å². The van der Waals surface area contributed by atoms with Gasteiger partial charge in [0, 0.05) is 17.1 Å². The summed E-state index contributed by atoms with van der Waals surface area (Å²) in [5.74, 6) is -1.19. The molecule has 0 bridgehead atoms. The standard InChI is InChI=1S/C10H7NO2.Mg/c12-10(13)8-5-1-3-7-4-2-6-11-9(7)8;/h1-6H,(H,12,13);/q;+2/p-1. The van der Waals surface area contributed by atoms with Gasteiger partial charge in [0.15, 0.2) is 0 Å². The normalized spacial score (nSPS) is 9.43. The molecule has 4 heteroatoms. The van der Waals surface area contributed by atoms with Crippen molar-refractivity contribution in [3.8, 4) is 0 Å². The minimum Gasteiger partial charge on any atom is -0.545 e. The summed E-state index contributed by atoms with van der Waals surface area (Å²) >= 11 is 0. The SMILES string of the molecule is O=C([O-])c1cccc2cccnc12.[Mg+2]. The van der Waals surface area contributed by atoms with Crippen LogP contribution >= 0.6 is 0 Å². The smallest absolute Gasteiger partial charge is 0.545 e. The fraction of sp³-hybridized carbons (Fsp3) is 0. The Balaban J connectivity index is 0.000000980. The predicted octanol–water partition coefficient (Wildman–Crippen LogP) is 0.217. The van der Waals surface area contributed by atoms with E-state index in [-0.39, 0.29) is 28.6 Å². The van der Waals surface area contributed by atoms with Gasteiger partial charge in [0.1, 0.15) is 0 Å². The largest absolute Gasteiger partial charge is 2.00 e. The van der Waals surface area contributed by atoms with Crippen molar-refractivity contribution in [3.05, 3.63) is 42.1 Å². The Morgan fingerprint density at radius 3 is 2.64 bits per heavy atom. The van der Waals surface area contributed by atoms with Crippen LogP contribution in [0.1, 0.15) is 10.4 Å². The zero-order chi connectivity index (χ0) is 9.26. The number of fused-ring (bicyclic) bond motifs is 1. The third-order valence-corrected chi connectivity index (χ3v) is 1.85. The molecule has 0 N–H and O–H groups in total. The number of rotatable bonds is 1. The average molecular weight is 196 g/mol. The van der Waals surface area contributed by atoms with Crippen LogP contribution in [0.3, 0.4) is 0 Å². The molecule has 0 aliphatic carbocycles. The molecule has 0 aliphatic heterocycles. The van der Waals surface area contributed by atoms with Gasteiger partial charge in [-0.1, -0.05) is 24.3 Å². The van der Waals surface area contributed by atoms with E-state index in [2.05, 4.69) is 4.98 Å². The zero-order valence-electron chi connectivity index (χ0n) is 7.43. The van der Waals surface area contributed by atoms with Gasteiger partial charge >= 0.3 is 23.1 Å². The molecule has 2 aromatic rings. The van der Waals surface area contributed by atoms with Crippen molar-refractivity contribution in [2.24, 2.45) is 0 Å². The van der Waals surface area contributed by atoms with E-state index >= 15 is 0 Å². The number of carbonyl (C=O) groups is 1. The first kappa shape index (κ1) is 10.9. The van der Waals surface area contributed by atoms with E-state index in [4.69, 9.17) is 0 Å². The van der Waals surface area contributed by atoms with Crippen LogP contribution in [0, 0.1) is 0 Å². The average Bonchev–Trinajstić information content (AvgIpc) is 2.17. The molecule has 0 aliphatic rings. The van der Waals surface area contributed by atoms with E-state index in [0.29, 0.717) is 5.52 Å². The van der Waals surface area contributed by atoms with Crippen molar-refractivity contribution in [3.63, 3.8) is 0 Å². The Bertz CT molecular complexity index is 465. The monoisotopic (exact) mass is 196 g/mol. The number of pyridine rings is 1. The maximum atomic E-state index is 10.7. The van der Waals surface area contributed by atoms with E-state index in [9.17, 15) is 9.90 Å². The fourth-order valence-corrected chi connectivity index (χ4v) is 1.27. The second-order valence-corrected chi connectivity index (χ2v) is 2.67. The number of aromatic carboxylic acids is 1. The van der Waals surface area contributed by atoms with Gasteiger partial charge in [-0.15, -0.1) is 0 Å². The Morgan fingerprint density at radius 2 is 1.93 bits per heavy atom. The number of benzene rings is 1. The number of para-hydroxylation sites is 1. The van der Waals surface area contributed by atoms with Crippen LogP contribution in [0.4, 0.5) is 0 Å². The molecule has 1 heterocycles. The molecule has 3 nitrogen and oxygen atoms in total. The van der Waals surface area contributed by atoms with Crippen molar-refractivity contribution in [2.75, 3.05) is 0 Å². The van der Waals surface area contributed by atoms with Gasteiger partial charge in [-0.3, -0.25) is 4.98 Å². The molecule has 0 unspecified atom stereocenters. The van der Waals surface area contributed by atoms with Crippen molar-refractivity contribution < 1.29 is 9.90 Å². The van der Waals surface area contributed by atoms with Crippen molar-refractivity contribution in [1.29, 1.82) is 0 Å². The summed E-state index contributed by atoms with van der Waals surface area (Å²) < 4.78 is 0. The van der Waals surface area contributed by atoms with Crippen molar-refractivity contribution in [1.82, 2.24) is 4.98 Å². The minimum atomic E-state index is -1.19. The molecule has 0 atom stereocenters. The Kier molecular flexibility index (Phi) is 3.43. The van der Waals surface area contributed by atoms with Crippen LogP contribution in [0.2, 0.25) is 0 Å². The second kappa shape index (κ2) is 4.39. The molecule has 64 valence electrons. The Morgan fingerprint density at radius 1 is 1.21 bits per heavy atom. The quantitative estimate of drug-likeness (QED) is 0.613. The van der Waals surface area contributed by atoms with E-state index in [1.165, 1.54) is 6.07 Å². The molecule has 0 fully saturated rings. The summed E-state index contributed by atoms with van der Waals surface area (Å²) in [6.07, 6.45) is 1.56. The molecular weight excluding hydrogens is 190 g/mol. The van der Waals surface area contributed by atoms with Gasteiger partial charge in [-0.2, -0.15) is 0 Å². The first-order valence-corrected chi connectivity index (χ1v) is 3.84. The summed E-state index contributed by atoms with van der Waals surface area (Å²) in [6.45, 7) is 0. The molecule has 0 saturated heterocycles. The fourth-order valence-electron chi connectivity index (χ4n) is 1.27. The third kappa shape index (κ3) is 1.86. The Hall–Kier alpha value is -1.13. The molecule has 1 aromatic carbocycles. The molecule has 14 heavy (non-hydrogen) atoms. The number of carboxylic acid groups (broad SMARTS) is 1. The number of hydrogen-bond acceptors (Lipinski definition) is 3. The minimum absolute atomic E-state index is 0. The van der Waals surface area contributed by atoms with Crippen LogP contribution in [0.15, 0.2) is 36.5 Å². The van der Waals surface area contributed by atoms with Gasteiger partial charge in [-0.25, -0.2) is 0 Å². The first-order valence-electron chi connectivity index (χ1n) is 3.84. The van der Waals surface area contributed by atoms with Gasteiger partial charge in [0.05, 0.1) is 11.5 Å². The summed E-state index contributed by atoms with van der Waals surface area (Å²) in [5, 5.41) is 11.5. The molecule has 2 rings (SSSR count). The summed E-state index contributed by atoms with van der Waals surface area (Å²) in [4.78, 5) is 14.6. The van der Waals surface area contributed by atoms with Crippen LogP contribution in [0.5, 0.6) is 0 Å². The molecule has 0 amide bonds. The predicted molar refractivity (Wildman–Crippen MR) is 51.8 cm³/mol. The molecule has 1 aromatic heterocycles. The molecular formula is C10H6MgNO2+. The molecule has 0 spiro atoms. The molecule has 0 saturated carbocycles. The number of aromatic nitrogens is 1. The van der Waals surface area contributed by atoms with E-state index in [1.807, 2.05) is 12.1 Å². The van der Waals surface area contributed by atoms with Crippen molar-refractivity contribution in [2.45, 2.75) is 0 Å². The number of carbonyl (C=O) groups excluding carboxylic acids is 1. The maximum Gasteiger partial charge on any atom is 2.00 e. The molecule has 0 radical (unpaired) electrons. The summed E-state index contributed by atoms with van der Waals surface area (Å²) in [5.41, 5.74) is 0.614. The third-order valence-electron chi connectivity index (χ3n) is 1.85. The van der Waals surface area contributed by atoms with Gasteiger partial charge in [-0.05, 0) is 6.07 Å². The number of carboxylic acids is 1. The number of hydrogen-bond donors (Lipinski definition) is 0. The van der Waals surface area contributed by atoms with E-state index in [0.717, 1.165) is 5.39 Å². The maximum absolute atomic E-state index is 10.7. The Labute approximate surface area is 96.9 Å². The van der Waals surface area contributed by atoms with Crippen LogP contribution in [0.25, 0.3) is 10.9 Å². The van der Waals surface area contributed by atoms with E-state index < -0.39 is 5.97 Å². The zero-order valence-corrected chi connectivity index (χ0v) is 8.85. The number of nitrogens with zero attached hydrogens (tertiary/aromatic N) is 1. The van der Waals surface area contributed by atoms with Gasteiger partial charge in [0.25, 0.3) is 0 Å².